The fraction of sp³-hybridized carbons (Fsp3) is 0.500. The summed E-state index contributed by atoms with van der Waals surface area (Å²) in [5.41, 5.74) is 0.914. The molecule has 0 aromatic heterocycles. The largest absolute Gasteiger partial charge is 0.497 e. The van der Waals surface area contributed by atoms with Gasteiger partial charge in [0, 0.05) is 12.2 Å². The molecule has 3 aliphatic rings. The molecule has 2 heterocycles. The molecule has 0 unspecified atom stereocenters. The summed E-state index contributed by atoms with van der Waals surface area (Å²) in [7, 11) is 1.53. The molecule has 1 amide bonds. The molecule has 0 radical (unpaired) electrons. The number of nitrogens with zero attached hydrogens (tertiary/aromatic N) is 1. The topological polar surface area (TPSA) is 51.3 Å². The lowest BCUT2D eigenvalue weighted by Gasteiger charge is -2.34. The first kappa shape index (κ1) is 23.2. The predicted octanol–water partition coefficient (Wildman–Crippen LogP) is 5.58. The van der Waals surface area contributed by atoms with E-state index < -0.39 is 12.3 Å². The Kier molecular flexibility index (Phi) is 5.84. The van der Waals surface area contributed by atoms with Crippen molar-refractivity contribution in [2.75, 3.05) is 25.2 Å². The third kappa shape index (κ3) is 4.41. The van der Waals surface area contributed by atoms with E-state index in [9.17, 15) is 18.0 Å². The van der Waals surface area contributed by atoms with Crippen LogP contribution in [0.1, 0.15) is 49.3 Å². The molecule has 1 atom stereocenters. The SMILES string of the molecule is COc1ccc(CO[C@H](c2ccc(N3CC[C@]4(CC[C@]5(CC4)CO5)C3=O)cc2)C(F)(F)F)cc1. The van der Waals surface area contributed by atoms with E-state index in [1.807, 2.05) is 0 Å². The van der Waals surface area contributed by atoms with Gasteiger partial charge >= 0.3 is 6.18 Å². The minimum absolute atomic E-state index is 0.0108. The summed E-state index contributed by atoms with van der Waals surface area (Å²) >= 11 is 0. The fourth-order valence-electron chi connectivity index (χ4n) is 5.22. The third-order valence-electron chi connectivity index (χ3n) is 7.56. The van der Waals surface area contributed by atoms with Gasteiger partial charge in [0.15, 0.2) is 6.10 Å². The number of amides is 1. The van der Waals surface area contributed by atoms with Crippen LogP contribution in [0.4, 0.5) is 18.9 Å². The van der Waals surface area contributed by atoms with Crippen LogP contribution >= 0.6 is 0 Å². The number of rotatable bonds is 6. The van der Waals surface area contributed by atoms with Crippen molar-refractivity contribution in [3.63, 3.8) is 0 Å². The van der Waals surface area contributed by atoms with Crippen LogP contribution < -0.4 is 9.64 Å². The number of halogens is 3. The van der Waals surface area contributed by atoms with Crippen molar-refractivity contribution in [1.29, 1.82) is 0 Å². The van der Waals surface area contributed by atoms with E-state index in [2.05, 4.69) is 0 Å². The highest BCUT2D eigenvalue weighted by atomic mass is 19.4. The molecular weight excluding hydrogens is 447 g/mol. The number of carbonyl (C=O) groups excluding carboxylic acids is 1. The first-order chi connectivity index (χ1) is 16.2. The molecule has 2 aromatic carbocycles. The molecule has 3 fully saturated rings. The van der Waals surface area contributed by atoms with Gasteiger partial charge < -0.3 is 19.1 Å². The molecule has 2 aromatic rings. The Balaban J connectivity index is 1.27. The van der Waals surface area contributed by atoms with Crippen molar-refractivity contribution >= 4 is 11.6 Å². The minimum atomic E-state index is -4.57. The second-order valence-corrected chi connectivity index (χ2v) is 9.63. The maximum Gasteiger partial charge on any atom is 0.418 e. The third-order valence-corrected chi connectivity index (χ3v) is 7.56. The van der Waals surface area contributed by atoms with Crippen molar-refractivity contribution in [1.82, 2.24) is 0 Å². The summed E-state index contributed by atoms with van der Waals surface area (Å²) in [6.07, 6.45) is -2.40. The van der Waals surface area contributed by atoms with Crippen LogP contribution in [0.15, 0.2) is 48.5 Å². The summed E-state index contributed by atoms with van der Waals surface area (Å²) in [6.45, 7) is 1.19. The van der Waals surface area contributed by atoms with Gasteiger partial charge in [0.2, 0.25) is 5.91 Å². The summed E-state index contributed by atoms with van der Waals surface area (Å²) < 4.78 is 57.3. The lowest BCUT2D eigenvalue weighted by atomic mass is 9.69. The lowest BCUT2D eigenvalue weighted by Crippen LogP contribution is -2.39. The zero-order valence-electron chi connectivity index (χ0n) is 19.1. The van der Waals surface area contributed by atoms with Gasteiger partial charge in [-0.05, 0) is 67.5 Å². The molecule has 2 aliphatic heterocycles. The quantitative estimate of drug-likeness (QED) is 0.512. The van der Waals surface area contributed by atoms with E-state index >= 15 is 0 Å². The highest BCUT2D eigenvalue weighted by molar-refractivity contribution is 6.00. The van der Waals surface area contributed by atoms with Crippen LogP contribution in [0, 0.1) is 5.41 Å². The molecule has 1 aliphatic carbocycles. The van der Waals surface area contributed by atoms with E-state index in [1.165, 1.54) is 19.2 Å². The van der Waals surface area contributed by atoms with Crippen molar-refractivity contribution in [3.8, 4) is 5.75 Å². The van der Waals surface area contributed by atoms with Crippen molar-refractivity contribution in [2.45, 2.75) is 56.6 Å². The number of carbonyl (C=O) groups is 1. The molecule has 5 nitrogen and oxygen atoms in total. The van der Waals surface area contributed by atoms with E-state index in [-0.39, 0.29) is 29.1 Å². The van der Waals surface area contributed by atoms with Gasteiger partial charge in [-0.1, -0.05) is 24.3 Å². The Labute approximate surface area is 196 Å². The number of ether oxygens (including phenoxy) is 3. The van der Waals surface area contributed by atoms with Crippen LogP contribution in [0.25, 0.3) is 0 Å². The Morgan fingerprint density at radius 3 is 2.21 bits per heavy atom. The molecule has 1 saturated carbocycles. The number of anilines is 1. The van der Waals surface area contributed by atoms with Crippen molar-refractivity contribution in [3.05, 3.63) is 59.7 Å². The van der Waals surface area contributed by atoms with Crippen LogP contribution in [-0.4, -0.2) is 37.9 Å². The molecular formula is C26H28F3NO4. The molecule has 0 N–H and O–H groups in total. The van der Waals surface area contributed by atoms with Gasteiger partial charge in [-0.15, -0.1) is 0 Å². The maximum atomic E-state index is 13.8. The average molecular weight is 476 g/mol. The first-order valence-corrected chi connectivity index (χ1v) is 11.6. The molecule has 8 heteroatoms. The first-order valence-electron chi connectivity index (χ1n) is 11.6. The lowest BCUT2D eigenvalue weighted by molar-refractivity contribution is -0.227. The van der Waals surface area contributed by atoms with E-state index in [1.54, 1.807) is 41.3 Å². The van der Waals surface area contributed by atoms with E-state index in [0.29, 0.717) is 23.5 Å². The van der Waals surface area contributed by atoms with Gasteiger partial charge in [0.05, 0.1) is 31.3 Å². The summed E-state index contributed by atoms with van der Waals surface area (Å²) in [5, 5.41) is 0. The highest BCUT2D eigenvalue weighted by Gasteiger charge is 2.56. The maximum absolute atomic E-state index is 13.8. The van der Waals surface area contributed by atoms with Gasteiger partial charge in [-0.25, -0.2) is 0 Å². The van der Waals surface area contributed by atoms with Crippen LogP contribution in [0.5, 0.6) is 5.75 Å². The van der Waals surface area contributed by atoms with Crippen LogP contribution in [0.3, 0.4) is 0 Å². The van der Waals surface area contributed by atoms with Gasteiger partial charge in [-0.3, -0.25) is 4.79 Å². The Morgan fingerprint density at radius 2 is 1.65 bits per heavy atom. The molecule has 2 saturated heterocycles. The number of hydrogen-bond donors (Lipinski definition) is 0. The number of alkyl halides is 3. The molecule has 0 bridgehead atoms. The minimum Gasteiger partial charge on any atom is -0.497 e. The number of hydrogen-bond acceptors (Lipinski definition) is 4. The molecule has 182 valence electrons. The summed E-state index contributed by atoms with van der Waals surface area (Å²) in [4.78, 5) is 15.0. The summed E-state index contributed by atoms with van der Waals surface area (Å²) in [6, 6.07) is 12.7. The normalized spacial score (nSPS) is 27.4. The van der Waals surface area contributed by atoms with E-state index in [4.69, 9.17) is 14.2 Å². The van der Waals surface area contributed by atoms with Crippen LogP contribution in [0.2, 0.25) is 0 Å². The van der Waals surface area contributed by atoms with Crippen molar-refractivity contribution < 1.29 is 32.2 Å². The number of benzene rings is 2. The zero-order valence-corrected chi connectivity index (χ0v) is 19.1. The fourth-order valence-corrected chi connectivity index (χ4v) is 5.22. The monoisotopic (exact) mass is 475 g/mol. The van der Waals surface area contributed by atoms with E-state index in [0.717, 1.165) is 38.7 Å². The highest BCUT2D eigenvalue weighted by Crippen LogP contribution is 2.53. The number of methoxy groups -OCH3 is 1. The number of epoxide rings is 1. The Bertz CT molecular complexity index is 1020. The average Bonchev–Trinajstić information content (AvgIpc) is 3.52. The molecule has 2 spiro atoms. The van der Waals surface area contributed by atoms with Gasteiger partial charge in [0.1, 0.15) is 5.75 Å². The predicted molar refractivity (Wildman–Crippen MR) is 120 cm³/mol. The molecule has 34 heavy (non-hydrogen) atoms. The second-order valence-electron chi connectivity index (χ2n) is 9.63. The van der Waals surface area contributed by atoms with Crippen molar-refractivity contribution in [2.24, 2.45) is 5.41 Å². The summed E-state index contributed by atoms with van der Waals surface area (Å²) in [5.74, 6) is 0.706. The molecule has 5 rings (SSSR count). The Morgan fingerprint density at radius 1 is 1.00 bits per heavy atom. The Hall–Kier alpha value is -2.58. The van der Waals surface area contributed by atoms with Crippen LogP contribution in [-0.2, 0) is 20.9 Å². The van der Waals surface area contributed by atoms with Gasteiger partial charge in [0.25, 0.3) is 0 Å². The van der Waals surface area contributed by atoms with Gasteiger partial charge in [-0.2, -0.15) is 13.2 Å². The zero-order chi connectivity index (χ0) is 24.0. The smallest absolute Gasteiger partial charge is 0.418 e. The second kappa shape index (κ2) is 8.57. The standard InChI is InChI=1S/C26H28F3NO4/c1-32-21-8-2-18(3-9-21)16-33-22(26(27,28)29)19-4-6-20(7-5-19)30-15-14-24(23(30)31)10-12-25(13-11-24)17-34-25/h2-9,22H,10-17H2,1H3/t22-,24-,25+/m1/s1.